The van der Waals surface area contributed by atoms with Crippen LogP contribution in [0.5, 0.6) is 0 Å². The molecule has 0 radical (unpaired) electrons. The molecule has 0 aromatic carbocycles. The summed E-state index contributed by atoms with van der Waals surface area (Å²) in [7, 11) is 0. The molecule has 2 amide bonds. The lowest BCUT2D eigenvalue weighted by molar-refractivity contribution is 0.0304. The summed E-state index contributed by atoms with van der Waals surface area (Å²) in [6.07, 6.45) is 6.99. The Labute approximate surface area is 142 Å². The van der Waals surface area contributed by atoms with Gasteiger partial charge in [0.25, 0.3) is 0 Å². The van der Waals surface area contributed by atoms with E-state index in [0.717, 1.165) is 45.1 Å². The zero-order chi connectivity index (χ0) is 16.2. The number of hydrogen-bond donors (Lipinski definition) is 2. The van der Waals surface area contributed by atoms with E-state index in [4.69, 9.17) is 0 Å². The number of rotatable bonds is 4. The quantitative estimate of drug-likeness (QED) is 0.875. The summed E-state index contributed by atoms with van der Waals surface area (Å²) in [5, 5.41) is 15.6. The van der Waals surface area contributed by atoms with Crippen molar-refractivity contribution in [3.05, 3.63) is 22.4 Å². The van der Waals surface area contributed by atoms with Crippen LogP contribution < -0.4 is 5.32 Å². The second-order valence-corrected chi connectivity index (χ2v) is 7.82. The van der Waals surface area contributed by atoms with E-state index in [1.165, 1.54) is 11.3 Å². The van der Waals surface area contributed by atoms with Gasteiger partial charge in [-0.25, -0.2) is 4.79 Å². The van der Waals surface area contributed by atoms with Gasteiger partial charge in [-0.2, -0.15) is 0 Å². The number of nitrogens with one attached hydrogen (secondary N) is 1. The fraction of sp³-hybridized carbons (Fsp3) is 0.722. The number of aliphatic hydroxyl groups is 1. The van der Waals surface area contributed by atoms with Crippen molar-refractivity contribution < 1.29 is 9.90 Å². The van der Waals surface area contributed by atoms with Gasteiger partial charge in [-0.15, -0.1) is 11.3 Å². The molecule has 1 saturated carbocycles. The lowest BCUT2D eigenvalue weighted by atomic mass is 9.80. The van der Waals surface area contributed by atoms with Crippen molar-refractivity contribution in [1.82, 2.24) is 10.2 Å². The van der Waals surface area contributed by atoms with Crippen LogP contribution in [-0.2, 0) is 0 Å². The molecule has 0 spiro atoms. The number of carbonyl (C=O) groups is 1. The molecule has 2 fully saturated rings. The monoisotopic (exact) mass is 336 g/mol. The molecule has 2 N–H and O–H groups in total. The fourth-order valence-electron chi connectivity index (χ4n) is 4.17. The van der Waals surface area contributed by atoms with Crippen LogP contribution in [0.2, 0.25) is 0 Å². The summed E-state index contributed by atoms with van der Waals surface area (Å²) in [4.78, 5) is 16.0. The van der Waals surface area contributed by atoms with E-state index in [2.05, 4.69) is 23.7 Å². The van der Waals surface area contributed by atoms with Crippen LogP contribution in [0.1, 0.15) is 62.8 Å². The van der Waals surface area contributed by atoms with Crippen molar-refractivity contribution in [2.24, 2.45) is 5.92 Å². The molecule has 0 bridgehead atoms. The van der Waals surface area contributed by atoms with Gasteiger partial charge in [0.2, 0.25) is 0 Å². The minimum Gasteiger partial charge on any atom is -0.393 e. The van der Waals surface area contributed by atoms with E-state index in [0.29, 0.717) is 0 Å². The molecular weight excluding hydrogens is 308 g/mol. The van der Waals surface area contributed by atoms with Gasteiger partial charge < -0.3 is 15.3 Å². The molecule has 4 nitrogen and oxygen atoms in total. The molecule has 23 heavy (non-hydrogen) atoms. The lowest BCUT2D eigenvalue weighted by Gasteiger charge is -2.37. The topological polar surface area (TPSA) is 52.6 Å². The number of urea groups is 1. The van der Waals surface area contributed by atoms with Crippen LogP contribution >= 0.6 is 11.3 Å². The average Bonchev–Trinajstić information content (AvgIpc) is 3.24. The highest BCUT2D eigenvalue weighted by Gasteiger charge is 2.39. The van der Waals surface area contributed by atoms with Gasteiger partial charge in [0.15, 0.2) is 0 Å². The number of hydrogen-bond acceptors (Lipinski definition) is 3. The van der Waals surface area contributed by atoms with Crippen LogP contribution in [-0.4, -0.2) is 34.7 Å². The Bertz CT molecular complexity index is 505. The Morgan fingerprint density at radius 3 is 2.91 bits per heavy atom. The minimum absolute atomic E-state index is 0.0468. The van der Waals surface area contributed by atoms with E-state index in [9.17, 15) is 9.90 Å². The summed E-state index contributed by atoms with van der Waals surface area (Å²) in [6.45, 7) is 2.93. The summed E-state index contributed by atoms with van der Waals surface area (Å²) in [5.41, 5.74) is 0. The van der Waals surface area contributed by atoms with E-state index in [1.807, 2.05) is 11.0 Å². The highest BCUT2D eigenvalue weighted by Crippen LogP contribution is 2.35. The van der Waals surface area contributed by atoms with Gasteiger partial charge in [-0.1, -0.05) is 25.8 Å². The van der Waals surface area contributed by atoms with Gasteiger partial charge in [0.05, 0.1) is 12.1 Å². The molecule has 1 aliphatic carbocycles. The summed E-state index contributed by atoms with van der Waals surface area (Å²) >= 11 is 1.70. The van der Waals surface area contributed by atoms with Crippen molar-refractivity contribution >= 4 is 17.4 Å². The number of aliphatic hydroxyl groups excluding tert-OH is 1. The third-order valence-corrected chi connectivity index (χ3v) is 6.41. The highest BCUT2D eigenvalue weighted by atomic mass is 32.1. The predicted octanol–water partition coefficient (Wildman–Crippen LogP) is 3.92. The van der Waals surface area contributed by atoms with Crippen molar-refractivity contribution in [3.63, 3.8) is 0 Å². The third-order valence-electron chi connectivity index (χ3n) is 5.43. The van der Waals surface area contributed by atoms with Gasteiger partial charge in [0.1, 0.15) is 0 Å². The summed E-state index contributed by atoms with van der Waals surface area (Å²) in [6, 6.07) is 4.48. The molecule has 2 aliphatic rings. The lowest BCUT2D eigenvalue weighted by Crippen LogP contribution is -2.49. The van der Waals surface area contributed by atoms with Crippen molar-refractivity contribution in [2.75, 3.05) is 6.54 Å². The first-order valence-electron chi connectivity index (χ1n) is 8.99. The van der Waals surface area contributed by atoms with Gasteiger partial charge in [0, 0.05) is 23.4 Å². The molecule has 4 atom stereocenters. The normalized spacial score (nSPS) is 29.5. The molecule has 2 heterocycles. The second-order valence-electron chi connectivity index (χ2n) is 6.84. The standard InChI is InChI=1S/C18H28N2O2S/c1-2-14(17-10-6-12-23-17)19-18(22)20-11-5-8-15(20)13-7-3-4-9-16(13)21/h6,10,12-16,21H,2-5,7-9,11H2,1H3,(H,19,22)/t13-,14-,15+,16+/m0/s1. The summed E-state index contributed by atoms with van der Waals surface area (Å²) < 4.78 is 0. The van der Waals surface area contributed by atoms with E-state index >= 15 is 0 Å². The molecule has 1 aromatic heterocycles. The van der Waals surface area contributed by atoms with Crippen molar-refractivity contribution in [1.29, 1.82) is 0 Å². The predicted molar refractivity (Wildman–Crippen MR) is 93.6 cm³/mol. The van der Waals surface area contributed by atoms with Gasteiger partial charge >= 0.3 is 6.03 Å². The molecule has 3 rings (SSSR count). The molecule has 1 aliphatic heterocycles. The zero-order valence-corrected chi connectivity index (χ0v) is 14.7. The van der Waals surface area contributed by atoms with E-state index in [-0.39, 0.29) is 30.1 Å². The first-order valence-corrected chi connectivity index (χ1v) is 9.87. The fourth-order valence-corrected chi connectivity index (χ4v) is 5.04. The molecule has 1 saturated heterocycles. The summed E-state index contributed by atoms with van der Waals surface area (Å²) in [5.74, 6) is 0.263. The number of thiophene rings is 1. The maximum Gasteiger partial charge on any atom is 0.318 e. The Balaban J connectivity index is 1.65. The molecule has 128 valence electrons. The SMILES string of the molecule is CC[C@H](NC(=O)N1CCC[C@@H]1[C@@H]1CCCC[C@H]1O)c1cccs1. The molecule has 1 aromatic rings. The number of amides is 2. The Morgan fingerprint density at radius 1 is 1.39 bits per heavy atom. The van der Waals surface area contributed by atoms with Gasteiger partial charge in [-0.05, 0) is 43.6 Å². The largest absolute Gasteiger partial charge is 0.393 e. The van der Waals surface area contributed by atoms with E-state index < -0.39 is 0 Å². The molecule has 0 unspecified atom stereocenters. The highest BCUT2D eigenvalue weighted by molar-refractivity contribution is 7.10. The third kappa shape index (κ3) is 3.72. The Morgan fingerprint density at radius 2 is 2.22 bits per heavy atom. The maximum absolute atomic E-state index is 12.8. The molecular formula is C18H28N2O2S. The Hall–Kier alpha value is -1.07. The van der Waals surface area contributed by atoms with Crippen molar-refractivity contribution in [2.45, 2.75) is 70.1 Å². The first-order chi connectivity index (χ1) is 11.2. The van der Waals surface area contributed by atoms with Crippen LogP contribution in [0.4, 0.5) is 4.79 Å². The van der Waals surface area contributed by atoms with Crippen LogP contribution in [0.3, 0.4) is 0 Å². The smallest absolute Gasteiger partial charge is 0.318 e. The number of carbonyl (C=O) groups excluding carboxylic acids is 1. The second kappa shape index (κ2) is 7.67. The Kier molecular flexibility index (Phi) is 5.59. The van der Waals surface area contributed by atoms with Gasteiger partial charge in [-0.3, -0.25) is 0 Å². The van der Waals surface area contributed by atoms with E-state index in [1.54, 1.807) is 11.3 Å². The first kappa shape index (κ1) is 16.8. The maximum atomic E-state index is 12.8. The van der Waals surface area contributed by atoms with Crippen LogP contribution in [0.25, 0.3) is 0 Å². The minimum atomic E-state index is -0.235. The van der Waals surface area contributed by atoms with Crippen LogP contribution in [0.15, 0.2) is 17.5 Å². The zero-order valence-electron chi connectivity index (χ0n) is 13.9. The molecule has 5 heteroatoms. The van der Waals surface area contributed by atoms with Crippen molar-refractivity contribution in [3.8, 4) is 0 Å². The number of likely N-dealkylation sites (tertiary alicyclic amines) is 1. The van der Waals surface area contributed by atoms with Crippen LogP contribution in [0, 0.1) is 5.92 Å². The number of nitrogens with zero attached hydrogens (tertiary/aromatic N) is 1. The average molecular weight is 337 g/mol.